The molecule has 5 nitrogen and oxygen atoms in total. The maximum atomic E-state index is 12.3. The van der Waals surface area contributed by atoms with Gasteiger partial charge < -0.3 is 15.3 Å². The summed E-state index contributed by atoms with van der Waals surface area (Å²) in [5.74, 6) is 0.624. The molecule has 1 saturated heterocycles. The van der Waals surface area contributed by atoms with Crippen LogP contribution in [0.3, 0.4) is 0 Å². The van der Waals surface area contributed by atoms with Crippen LogP contribution in [0.5, 0.6) is 0 Å². The lowest BCUT2D eigenvalue weighted by Gasteiger charge is -2.36. The molecule has 1 fully saturated rings. The second-order valence-electron chi connectivity index (χ2n) is 5.01. The number of nitrogens with zero attached hydrogens (tertiary/aromatic N) is 2. The van der Waals surface area contributed by atoms with Gasteiger partial charge in [0.05, 0.1) is 5.60 Å². The van der Waals surface area contributed by atoms with E-state index in [0.717, 1.165) is 12.8 Å². The fourth-order valence-corrected chi connectivity index (χ4v) is 2.28. The van der Waals surface area contributed by atoms with E-state index in [1.807, 2.05) is 0 Å². The van der Waals surface area contributed by atoms with Crippen molar-refractivity contribution in [3.8, 4) is 0 Å². The summed E-state index contributed by atoms with van der Waals surface area (Å²) in [5.41, 5.74) is -0.167. The summed E-state index contributed by atoms with van der Waals surface area (Å²) in [6, 6.07) is 3.43. The zero-order valence-corrected chi connectivity index (χ0v) is 10.8. The number of β-amino-alcohol motifs (C(OH)–C–C–N with tert-alkyl or cyclic N) is 1. The van der Waals surface area contributed by atoms with Crippen molar-refractivity contribution in [3.05, 3.63) is 23.9 Å². The van der Waals surface area contributed by atoms with E-state index in [-0.39, 0.29) is 5.91 Å². The quantitative estimate of drug-likeness (QED) is 0.824. The molecule has 0 saturated carbocycles. The number of hydrogen-bond donors (Lipinski definition) is 2. The molecular weight excluding hydrogens is 230 g/mol. The highest BCUT2D eigenvalue weighted by Crippen LogP contribution is 2.22. The fraction of sp³-hybridized carbons (Fsp3) is 0.538. The monoisotopic (exact) mass is 249 g/mol. The molecule has 0 aromatic carbocycles. The largest absolute Gasteiger partial charge is 0.388 e. The number of anilines is 1. The van der Waals surface area contributed by atoms with Crippen LogP contribution in [-0.4, -0.2) is 46.6 Å². The van der Waals surface area contributed by atoms with Crippen molar-refractivity contribution in [2.24, 2.45) is 0 Å². The van der Waals surface area contributed by atoms with E-state index >= 15 is 0 Å². The van der Waals surface area contributed by atoms with Crippen molar-refractivity contribution in [2.45, 2.75) is 25.4 Å². The highest BCUT2D eigenvalue weighted by atomic mass is 16.3. The van der Waals surface area contributed by atoms with Crippen LogP contribution in [0, 0.1) is 0 Å². The Bertz CT molecular complexity index is 446. The van der Waals surface area contributed by atoms with E-state index in [0.29, 0.717) is 24.5 Å². The van der Waals surface area contributed by atoms with Crippen molar-refractivity contribution in [1.82, 2.24) is 9.88 Å². The molecule has 18 heavy (non-hydrogen) atoms. The van der Waals surface area contributed by atoms with Gasteiger partial charge in [0.15, 0.2) is 0 Å². The van der Waals surface area contributed by atoms with Gasteiger partial charge in [0.2, 0.25) is 0 Å². The Hall–Kier alpha value is -1.62. The Labute approximate surface area is 107 Å². The maximum absolute atomic E-state index is 12.3. The number of likely N-dealkylation sites (tertiary alicyclic amines) is 1. The third-order valence-corrected chi connectivity index (χ3v) is 3.23. The minimum absolute atomic E-state index is 0.0473. The molecule has 2 heterocycles. The molecule has 1 aliphatic rings. The molecule has 1 aromatic rings. The first kappa shape index (κ1) is 12.8. The number of carbonyl (C=O) groups is 1. The number of hydrogen-bond acceptors (Lipinski definition) is 4. The second-order valence-corrected chi connectivity index (χ2v) is 5.01. The fourth-order valence-electron chi connectivity index (χ4n) is 2.28. The number of aliphatic hydroxyl groups is 1. The molecule has 0 radical (unpaired) electrons. The molecule has 1 atom stereocenters. The van der Waals surface area contributed by atoms with Crippen LogP contribution >= 0.6 is 0 Å². The molecule has 1 aliphatic heterocycles. The molecule has 0 spiro atoms. The van der Waals surface area contributed by atoms with Crippen LogP contribution in [0.4, 0.5) is 5.82 Å². The molecule has 0 aliphatic carbocycles. The van der Waals surface area contributed by atoms with E-state index in [1.165, 1.54) is 0 Å². The predicted molar refractivity (Wildman–Crippen MR) is 69.5 cm³/mol. The normalized spacial score (nSPS) is 23.8. The summed E-state index contributed by atoms with van der Waals surface area (Å²) in [6.45, 7) is 2.87. The number of aromatic nitrogens is 1. The number of carbonyl (C=O) groups excluding carboxylic acids is 1. The van der Waals surface area contributed by atoms with Crippen molar-refractivity contribution >= 4 is 11.7 Å². The Morgan fingerprint density at radius 2 is 2.39 bits per heavy atom. The van der Waals surface area contributed by atoms with E-state index in [9.17, 15) is 9.90 Å². The maximum Gasteiger partial charge on any atom is 0.254 e. The number of pyridine rings is 1. The minimum atomic E-state index is -0.771. The lowest BCUT2D eigenvalue weighted by Crippen LogP contribution is -2.48. The smallest absolute Gasteiger partial charge is 0.254 e. The van der Waals surface area contributed by atoms with Gasteiger partial charge in [-0.15, -0.1) is 0 Å². The van der Waals surface area contributed by atoms with Crippen LogP contribution in [0.15, 0.2) is 18.3 Å². The average Bonchev–Trinajstić information content (AvgIpc) is 2.37. The number of piperidine rings is 1. The number of nitrogens with one attached hydrogen (secondary N) is 1. The van der Waals surface area contributed by atoms with Crippen molar-refractivity contribution in [2.75, 3.05) is 25.5 Å². The minimum Gasteiger partial charge on any atom is -0.388 e. The lowest BCUT2D eigenvalue weighted by molar-refractivity contribution is -0.0107. The van der Waals surface area contributed by atoms with Gasteiger partial charge in [-0.2, -0.15) is 0 Å². The molecule has 1 amide bonds. The summed E-state index contributed by atoms with van der Waals surface area (Å²) in [5, 5.41) is 12.9. The van der Waals surface area contributed by atoms with Gasteiger partial charge in [-0.05, 0) is 31.9 Å². The van der Waals surface area contributed by atoms with Crippen molar-refractivity contribution in [1.29, 1.82) is 0 Å². The van der Waals surface area contributed by atoms with E-state index < -0.39 is 5.60 Å². The third-order valence-electron chi connectivity index (χ3n) is 3.23. The average molecular weight is 249 g/mol. The summed E-state index contributed by atoms with van der Waals surface area (Å²) in [4.78, 5) is 18.1. The molecule has 98 valence electrons. The number of amides is 1. The van der Waals surface area contributed by atoms with Gasteiger partial charge in [0.25, 0.3) is 5.91 Å². The highest BCUT2D eigenvalue weighted by molar-refractivity contribution is 5.94. The third kappa shape index (κ3) is 2.79. The molecule has 1 unspecified atom stereocenters. The lowest BCUT2D eigenvalue weighted by atomic mass is 9.95. The number of rotatable bonds is 2. The van der Waals surface area contributed by atoms with E-state index in [2.05, 4.69) is 10.3 Å². The summed E-state index contributed by atoms with van der Waals surface area (Å²) in [6.07, 6.45) is 3.19. The molecule has 5 heteroatoms. The predicted octanol–water partition coefficient (Wildman–Crippen LogP) is 1.11. The Morgan fingerprint density at radius 1 is 1.61 bits per heavy atom. The molecule has 1 aromatic heterocycles. The van der Waals surface area contributed by atoms with Crippen LogP contribution < -0.4 is 5.32 Å². The Kier molecular flexibility index (Phi) is 3.52. The zero-order valence-electron chi connectivity index (χ0n) is 10.8. The first-order valence-corrected chi connectivity index (χ1v) is 6.17. The van der Waals surface area contributed by atoms with Gasteiger partial charge in [0, 0.05) is 31.9 Å². The molecule has 0 bridgehead atoms. The zero-order chi connectivity index (χ0) is 13.2. The van der Waals surface area contributed by atoms with Gasteiger partial charge in [-0.1, -0.05) is 0 Å². The van der Waals surface area contributed by atoms with Crippen molar-refractivity contribution < 1.29 is 9.90 Å². The van der Waals surface area contributed by atoms with Gasteiger partial charge in [-0.25, -0.2) is 4.98 Å². The van der Waals surface area contributed by atoms with Crippen molar-refractivity contribution in [3.63, 3.8) is 0 Å². The van der Waals surface area contributed by atoms with Crippen LogP contribution in [0.1, 0.15) is 30.1 Å². The second kappa shape index (κ2) is 4.94. The van der Waals surface area contributed by atoms with Crippen LogP contribution in [0.2, 0.25) is 0 Å². The van der Waals surface area contributed by atoms with Gasteiger partial charge in [0.1, 0.15) is 5.82 Å². The summed E-state index contributed by atoms with van der Waals surface area (Å²) < 4.78 is 0. The molecule has 2 rings (SSSR count). The van der Waals surface area contributed by atoms with E-state index in [4.69, 9.17) is 0 Å². The standard InChI is InChI=1S/C13H19N3O2/c1-13(18)5-3-7-16(9-13)12(17)10-4-6-15-11(8-10)14-2/h4,6,8,18H,3,5,7,9H2,1-2H3,(H,14,15). The summed E-state index contributed by atoms with van der Waals surface area (Å²) in [7, 11) is 1.77. The topological polar surface area (TPSA) is 65.5 Å². The highest BCUT2D eigenvalue weighted by Gasteiger charge is 2.31. The van der Waals surface area contributed by atoms with Gasteiger partial charge in [-0.3, -0.25) is 4.79 Å². The first-order chi connectivity index (χ1) is 8.52. The van der Waals surface area contributed by atoms with Gasteiger partial charge >= 0.3 is 0 Å². The first-order valence-electron chi connectivity index (χ1n) is 6.17. The molecular formula is C13H19N3O2. The Morgan fingerprint density at radius 3 is 3.06 bits per heavy atom. The Balaban J connectivity index is 2.15. The van der Waals surface area contributed by atoms with E-state index in [1.54, 1.807) is 37.2 Å². The molecule has 2 N–H and O–H groups in total. The van der Waals surface area contributed by atoms with Crippen LogP contribution in [-0.2, 0) is 0 Å². The summed E-state index contributed by atoms with van der Waals surface area (Å²) >= 11 is 0. The SMILES string of the molecule is CNc1cc(C(=O)N2CCCC(C)(O)C2)ccn1. The van der Waals surface area contributed by atoms with Crippen LogP contribution in [0.25, 0.3) is 0 Å².